The summed E-state index contributed by atoms with van der Waals surface area (Å²) in [5.74, 6) is 0.410. The molecule has 3 aromatic rings. The highest BCUT2D eigenvalue weighted by Crippen LogP contribution is 2.28. The van der Waals surface area contributed by atoms with E-state index < -0.39 is 5.91 Å². The van der Waals surface area contributed by atoms with Gasteiger partial charge in [0.05, 0.1) is 26.9 Å². The molecule has 9 heteroatoms. The van der Waals surface area contributed by atoms with E-state index in [-0.39, 0.29) is 23.0 Å². The fourth-order valence-electron chi connectivity index (χ4n) is 3.04. The molecular weight excluding hydrogens is 386 g/mol. The predicted octanol–water partition coefficient (Wildman–Crippen LogP) is 3.19. The van der Waals surface area contributed by atoms with E-state index in [1.165, 1.54) is 17.4 Å². The van der Waals surface area contributed by atoms with Gasteiger partial charge < -0.3 is 22.1 Å². The van der Waals surface area contributed by atoms with Crippen LogP contribution in [0.15, 0.2) is 29.8 Å². The number of aromatic nitrogens is 2. The van der Waals surface area contributed by atoms with E-state index in [0.29, 0.717) is 18.3 Å². The number of anilines is 3. The van der Waals surface area contributed by atoms with Crippen LogP contribution in [0.2, 0.25) is 0 Å². The summed E-state index contributed by atoms with van der Waals surface area (Å²) in [6, 6.07) is 9.14. The topological polar surface area (TPSA) is 143 Å². The molecule has 0 unspecified atom stereocenters. The average Bonchev–Trinajstić information content (AvgIpc) is 3.14. The highest BCUT2D eigenvalue weighted by Gasteiger charge is 2.18. The number of nitrogens with zero attached hydrogens (tertiary/aromatic N) is 3. The van der Waals surface area contributed by atoms with Crippen molar-refractivity contribution in [1.29, 1.82) is 5.26 Å². The number of amides is 1. The van der Waals surface area contributed by atoms with Crippen LogP contribution < -0.4 is 22.1 Å². The smallest absolute Gasteiger partial charge is 0.252 e. The molecule has 0 bridgehead atoms. The SMILES string of the molecule is CC(C)C[C@H](CN)Nc1nc(Nc2ccc3ncsc3c2)c(C(N)=O)cc1C#N. The van der Waals surface area contributed by atoms with Gasteiger partial charge in [-0.25, -0.2) is 9.97 Å². The van der Waals surface area contributed by atoms with E-state index in [0.717, 1.165) is 22.3 Å². The highest BCUT2D eigenvalue weighted by atomic mass is 32.1. The van der Waals surface area contributed by atoms with Gasteiger partial charge in [-0.3, -0.25) is 4.79 Å². The zero-order valence-electron chi connectivity index (χ0n) is 16.3. The molecule has 0 aliphatic rings. The zero-order chi connectivity index (χ0) is 21.0. The van der Waals surface area contributed by atoms with E-state index in [1.807, 2.05) is 18.2 Å². The van der Waals surface area contributed by atoms with Crippen molar-refractivity contribution in [2.24, 2.45) is 17.4 Å². The second-order valence-electron chi connectivity index (χ2n) is 7.12. The first-order valence-electron chi connectivity index (χ1n) is 9.23. The summed E-state index contributed by atoms with van der Waals surface area (Å²) in [4.78, 5) is 20.7. The number of nitrogens with one attached hydrogen (secondary N) is 2. The molecule has 0 saturated heterocycles. The minimum absolute atomic E-state index is 0.0459. The van der Waals surface area contributed by atoms with Crippen LogP contribution in [0.25, 0.3) is 10.2 Å². The van der Waals surface area contributed by atoms with Crippen LogP contribution in [0.5, 0.6) is 0 Å². The number of hydrogen-bond donors (Lipinski definition) is 4. The largest absolute Gasteiger partial charge is 0.365 e. The monoisotopic (exact) mass is 409 g/mol. The molecule has 0 aliphatic heterocycles. The summed E-state index contributed by atoms with van der Waals surface area (Å²) in [6.07, 6.45) is 0.825. The Labute approximate surface area is 173 Å². The zero-order valence-corrected chi connectivity index (χ0v) is 17.1. The molecule has 0 spiro atoms. The molecule has 0 fully saturated rings. The van der Waals surface area contributed by atoms with Gasteiger partial charge in [-0.05, 0) is 36.6 Å². The summed E-state index contributed by atoms with van der Waals surface area (Å²) >= 11 is 1.52. The fraction of sp³-hybridized carbons (Fsp3) is 0.300. The molecule has 0 radical (unpaired) electrons. The summed E-state index contributed by atoms with van der Waals surface area (Å²) in [6.45, 7) is 4.59. The Morgan fingerprint density at radius 3 is 2.76 bits per heavy atom. The molecular formula is C20H23N7OS. The van der Waals surface area contributed by atoms with Gasteiger partial charge in [0.2, 0.25) is 0 Å². The number of thiazole rings is 1. The predicted molar refractivity (Wildman–Crippen MR) is 116 cm³/mol. The molecule has 8 nitrogen and oxygen atoms in total. The Morgan fingerprint density at radius 2 is 2.10 bits per heavy atom. The van der Waals surface area contributed by atoms with Crippen LogP contribution in [0.1, 0.15) is 36.2 Å². The number of rotatable bonds is 8. The second kappa shape index (κ2) is 8.86. The summed E-state index contributed by atoms with van der Waals surface area (Å²) in [5, 5.41) is 15.9. The molecule has 6 N–H and O–H groups in total. The maximum Gasteiger partial charge on any atom is 0.252 e. The van der Waals surface area contributed by atoms with Gasteiger partial charge in [0.15, 0.2) is 0 Å². The Morgan fingerprint density at radius 1 is 1.31 bits per heavy atom. The van der Waals surface area contributed by atoms with E-state index in [9.17, 15) is 10.1 Å². The number of nitrogens with two attached hydrogens (primary N) is 2. The number of primary amides is 1. The van der Waals surface area contributed by atoms with Crippen molar-refractivity contribution in [1.82, 2.24) is 9.97 Å². The van der Waals surface area contributed by atoms with E-state index >= 15 is 0 Å². The maximum atomic E-state index is 12.0. The lowest BCUT2D eigenvalue weighted by Crippen LogP contribution is -2.31. The lowest BCUT2D eigenvalue weighted by atomic mass is 10.0. The van der Waals surface area contributed by atoms with Gasteiger partial charge in [-0.15, -0.1) is 11.3 Å². The summed E-state index contributed by atoms with van der Waals surface area (Å²) in [7, 11) is 0. The molecule has 2 heterocycles. The number of carbonyl (C=O) groups is 1. The Hall–Kier alpha value is -3.22. The van der Waals surface area contributed by atoms with Crippen LogP contribution in [0.4, 0.5) is 17.3 Å². The molecule has 1 aromatic carbocycles. The van der Waals surface area contributed by atoms with Crippen molar-refractivity contribution >= 4 is 44.8 Å². The van der Waals surface area contributed by atoms with Gasteiger partial charge in [0.1, 0.15) is 17.7 Å². The van der Waals surface area contributed by atoms with Crippen molar-refractivity contribution in [2.45, 2.75) is 26.3 Å². The molecule has 1 atom stereocenters. The van der Waals surface area contributed by atoms with E-state index in [1.54, 1.807) is 5.51 Å². The third-order valence-corrected chi connectivity index (χ3v) is 5.18. The van der Waals surface area contributed by atoms with E-state index in [2.05, 4.69) is 40.5 Å². The molecule has 29 heavy (non-hydrogen) atoms. The quantitative estimate of drug-likeness (QED) is 0.447. The van der Waals surface area contributed by atoms with Crippen LogP contribution in [-0.2, 0) is 0 Å². The number of fused-ring (bicyclic) bond motifs is 1. The first-order valence-corrected chi connectivity index (χ1v) is 10.1. The normalized spacial score (nSPS) is 12.0. The third kappa shape index (κ3) is 4.80. The number of benzene rings is 1. The fourth-order valence-corrected chi connectivity index (χ4v) is 3.75. The maximum absolute atomic E-state index is 12.0. The van der Waals surface area contributed by atoms with Gasteiger partial charge >= 0.3 is 0 Å². The summed E-state index contributed by atoms with van der Waals surface area (Å²) < 4.78 is 1.00. The first kappa shape index (κ1) is 20.5. The van der Waals surface area contributed by atoms with Gasteiger partial charge in [0.25, 0.3) is 5.91 Å². The lowest BCUT2D eigenvalue weighted by Gasteiger charge is -2.21. The number of hydrogen-bond acceptors (Lipinski definition) is 8. The average molecular weight is 410 g/mol. The van der Waals surface area contributed by atoms with Crippen LogP contribution in [-0.4, -0.2) is 28.5 Å². The molecule has 0 saturated carbocycles. The van der Waals surface area contributed by atoms with Crippen molar-refractivity contribution in [3.8, 4) is 6.07 Å². The van der Waals surface area contributed by atoms with Gasteiger partial charge in [-0.1, -0.05) is 13.8 Å². The molecule has 3 rings (SSSR count). The third-order valence-electron chi connectivity index (χ3n) is 4.38. The lowest BCUT2D eigenvalue weighted by molar-refractivity contribution is 0.100. The van der Waals surface area contributed by atoms with Gasteiger partial charge in [0, 0.05) is 18.3 Å². The minimum Gasteiger partial charge on any atom is -0.365 e. The number of carbonyl (C=O) groups excluding carboxylic acids is 1. The van der Waals surface area contributed by atoms with Crippen molar-refractivity contribution in [2.75, 3.05) is 17.2 Å². The van der Waals surface area contributed by atoms with Gasteiger partial charge in [-0.2, -0.15) is 5.26 Å². The molecule has 0 aliphatic carbocycles. The van der Waals surface area contributed by atoms with Crippen LogP contribution in [0.3, 0.4) is 0 Å². The minimum atomic E-state index is -0.667. The standard InChI is InChI=1S/C20H23N7OS/c1-11(2)5-14(9-22)26-19-12(8-21)6-15(18(23)28)20(27-19)25-13-3-4-16-17(7-13)29-10-24-16/h3-4,6-7,10-11,14H,5,9,22H2,1-2H3,(H2,23,28)(H2,25,26,27)/t14-/m1/s1. The number of pyridine rings is 1. The Bertz CT molecular complexity index is 1070. The highest BCUT2D eigenvalue weighted by molar-refractivity contribution is 7.16. The van der Waals surface area contributed by atoms with Crippen molar-refractivity contribution < 1.29 is 4.79 Å². The van der Waals surface area contributed by atoms with Crippen molar-refractivity contribution in [3.63, 3.8) is 0 Å². The van der Waals surface area contributed by atoms with Crippen molar-refractivity contribution in [3.05, 3.63) is 40.9 Å². The molecule has 150 valence electrons. The summed E-state index contributed by atoms with van der Waals surface area (Å²) in [5.41, 5.74) is 15.2. The Kier molecular flexibility index (Phi) is 6.26. The number of nitriles is 1. The van der Waals surface area contributed by atoms with Crippen LogP contribution in [0, 0.1) is 17.2 Å². The van der Waals surface area contributed by atoms with Crippen LogP contribution >= 0.6 is 11.3 Å². The van der Waals surface area contributed by atoms with E-state index in [4.69, 9.17) is 11.5 Å². The second-order valence-corrected chi connectivity index (χ2v) is 8.01. The first-order chi connectivity index (χ1) is 13.9. The molecule has 1 amide bonds. The Balaban J connectivity index is 1.99. The molecule has 2 aromatic heterocycles.